The minimum absolute atomic E-state index is 0.633. The smallest absolute Gasteiger partial charge is 0.0180 e. The lowest BCUT2D eigenvalue weighted by atomic mass is 9.71. The van der Waals surface area contributed by atoms with Crippen molar-refractivity contribution in [2.45, 2.75) is 34.5 Å². The molecule has 5 rings (SSSR count). The number of allylic oxidation sites excluding steroid dienone is 2. The molecule has 0 heterocycles. The summed E-state index contributed by atoms with van der Waals surface area (Å²) in [4.78, 5) is 1.92. The number of hydrogen-bond acceptors (Lipinski definition) is 2. The summed E-state index contributed by atoms with van der Waals surface area (Å²) < 4.78 is 0. The third-order valence-electron chi connectivity index (χ3n) is 4.30. The van der Waals surface area contributed by atoms with E-state index < -0.39 is 0 Å². The molecular formula is C16H14S2. The SMILES string of the molecule is Sc1cc2cc3c(cc2cc1S)C1C=CC3CC1. The molecule has 0 spiro atoms. The molecule has 0 radical (unpaired) electrons. The van der Waals surface area contributed by atoms with Crippen molar-refractivity contribution in [1.29, 1.82) is 0 Å². The zero-order valence-corrected chi connectivity index (χ0v) is 11.7. The molecule has 0 saturated carbocycles. The Balaban J connectivity index is 2.03. The Morgan fingerprint density at radius 1 is 0.722 bits per heavy atom. The van der Waals surface area contributed by atoms with Crippen LogP contribution in [0, 0.1) is 0 Å². The van der Waals surface area contributed by atoms with E-state index in [9.17, 15) is 0 Å². The van der Waals surface area contributed by atoms with E-state index in [1.54, 1.807) is 0 Å². The Hall–Kier alpha value is -0.860. The molecule has 0 fully saturated rings. The number of benzene rings is 2. The second-order valence-corrected chi connectivity index (χ2v) is 6.31. The summed E-state index contributed by atoms with van der Waals surface area (Å²) in [6, 6.07) is 8.98. The van der Waals surface area contributed by atoms with Crippen molar-refractivity contribution in [2.24, 2.45) is 0 Å². The fourth-order valence-electron chi connectivity index (χ4n) is 3.34. The maximum atomic E-state index is 4.46. The van der Waals surface area contributed by atoms with Crippen LogP contribution in [0.15, 0.2) is 46.2 Å². The number of rotatable bonds is 0. The van der Waals surface area contributed by atoms with Crippen LogP contribution in [0.4, 0.5) is 0 Å². The zero-order valence-electron chi connectivity index (χ0n) is 9.93. The van der Waals surface area contributed by atoms with Crippen LogP contribution in [0.5, 0.6) is 0 Å². The number of fused-ring (bicyclic) bond motifs is 2. The van der Waals surface area contributed by atoms with Gasteiger partial charge in [0, 0.05) is 21.6 Å². The van der Waals surface area contributed by atoms with Crippen molar-refractivity contribution in [2.75, 3.05) is 0 Å². The molecule has 18 heavy (non-hydrogen) atoms. The molecule has 0 aliphatic heterocycles. The molecule has 0 aromatic heterocycles. The van der Waals surface area contributed by atoms with Gasteiger partial charge < -0.3 is 0 Å². The topological polar surface area (TPSA) is 0 Å². The largest absolute Gasteiger partial charge is 0.142 e. The highest BCUT2D eigenvalue weighted by Gasteiger charge is 2.28. The maximum Gasteiger partial charge on any atom is 0.0180 e. The van der Waals surface area contributed by atoms with E-state index in [1.165, 1.54) is 34.7 Å². The Morgan fingerprint density at radius 3 is 1.56 bits per heavy atom. The van der Waals surface area contributed by atoms with Gasteiger partial charge in [0.2, 0.25) is 0 Å². The molecule has 2 unspecified atom stereocenters. The average Bonchev–Trinajstić information content (AvgIpc) is 2.39. The predicted molar refractivity (Wildman–Crippen MR) is 82.3 cm³/mol. The van der Waals surface area contributed by atoms with Crippen LogP contribution >= 0.6 is 25.3 Å². The van der Waals surface area contributed by atoms with Crippen molar-refractivity contribution < 1.29 is 0 Å². The molecule has 2 aromatic rings. The Bertz CT molecular complexity index is 627. The lowest BCUT2D eigenvalue weighted by Crippen LogP contribution is -2.16. The van der Waals surface area contributed by atoms with Gasteiger partial charge in [-0.3, -0.25) is 0 Å². The normalized spacial score (nSPS) is 24.6. The number of thiol groups is 2. The minimum atomic E-state index is 0.633. The van der Waals surface area contributed by atoms with Gasteiger partial charge in [-0.2, -0.15) is 0 Å². The van der Waals surface area contributed by atoms with Gasteiger partial charge in [-0.1, -0.05) is 24.3 Å². The minimum Gasteiger partial charge on any atom is -0.142 e. The van der Waals surface area contributed by atoms with Crippen LogP contribution in [-0.2, 0) is 0 Å². The standard InChI is InChI=1S/C16H14S2/c17-15-7-11-5-13-9-1-2-10(4-3-9)14(13)6-12(11)8-16(15)18/h1-2,5-10,17-18H,3-4H2. The highest BCUT2D eigenvalue weighted by molar-refractivity contribution is 7.83. The highest BCUT2D eigenvalue weighted by Crippen LogP contribution is 2.46. The van der Waals surface area contributed by atoms with Gasteiger partial charge in [-0.15, -0.1) is 25.3 Å². The Labute approximate surface area is 118 Å². The molecule has 0 amide bonds. The quantitative estimate of drug-likeness (QED) is 0.491. The molecule has 0 nitrogen and oxygen atoms in total. The summed E-state index contributed by atoms with van der Waals surface area (Å²) in [5.74, 6) is 1.27. The van der Waals surface area contributed by atoms with Crippen molar-refractivity contribution >= 4 is 36.0 Å². The molecule has 90 valence electrons. The van der Waals surface area contributed by atoms with Crippen LogP contribution in [0.1, 0.15) is 35.8 Å². The summed E-state index contributed by atoms with van der Waals surface area (Å²) in [7, 11) is 0. The second-order valence-electron chi connectivity index (χ2n) is 5.34. The molecule has 2 atom stereocenters. The van der Waals surface area contributed by atoms with Crippen LogP contribution in [0.2, 0.25) is 0 Å². The molecule has 0 saturated heterocycles. The first-order valence-corrected chi connectivity index (χ1v) is 7.29. The average molecular weight is 270 g/mol. The molecular weight excluding hydrogens is 256 g/mol. The van der Waals surface area contributed by atoms with Crippen LogP contribution in [0.3, 0.4) is 0 Å². The predicted octanol–water partition coefficient (Wildman–Crippen LogP) is 4.95. The zero-order chi connectivity index (χ0) is 12.3. The van der Waals surface area contributed by atoms with Gasteiger partial charge in [-0.25, -0.2) is 0 Å². The van der Waals surface area contributed by atoms with E-state index in [4.69, 9.17) is 0 Å². The van der Waals surface area contributed by atoms with E-state index in [0.29, 0.717) is 11.8 Å². The van der Waals surface area contributed by atoms with Crippen molar-refractivity contribution in [3.05, 3.63) is 47.5 Å². The lowest BCUT2D eigenvalue weighted by molar-refractivity contribution is 0.554. The summed E-state index contributed by atoms with van der Waals surface area (Å²) in [5, 5.41) is 2.58. The van der Waals surface area contributed by atoms with Crippen molar-refractivity contribution in [1.82, 2.24) is 0 Å². The Kier molecular flexibility index (Phi) is 2.33. The van der Waals surface area contributed by atoms with Gasteiger partial charge in [0.05, 0.1) is 0 Å². The summed E-state index contributed by atoms with van der Waals surface area (Å²) >= 11 is 8.93. The fourth-order valence-corrected chi connectivity index (χ4v) is 3.75. The van der Waals surface area contributed by atoms with Gasteiger partial charge >= 0.3 is 0 Å². The fraction of sp³-hybridized carbons (Fsp3) is 0.250. The molecule has 0 N–H and O–H groups in total. The Morgan fingerprint density at radius 2 is 1.17 bits per heavy atom. The van der Waals surface area contributed by atoms with E-state index in [1.807, 2.05) is 0 Å². The maximum absolute atomic E-state index is 4.46. The van der Waals surface area contributed by atoms with E-state index in [-0.39, 0.29) is 0 Å². The summed E-state index contributed by atoms with van der Waals surface area (Å²) in [5.41, 5.74) is 3.06. The monoisotopic (exact) mass is 270 g/mol. The van der Waals surface area contributed by atoms with Gasteiger partial charge in [0.25, 0.3) is 0 Å². The van der Waals surface area contributed by atoms with E-state index in [2.05, 4.69) is 61.7 Å². The van der Waals surface area contributed by atoms with Gasteiger partial charge in [0.15, 0.2) is 0 Å². The first-order chi connectivity index (χ1) is 8.72. The highest BCUT2D eigenvalue weighted by atomic mass is 32.1. The van der Waals surface area contributed by atoms with E-state index >= 15 is 0 Å². The van der Waals surface area contributed by atoms with Crippen molar-refractivity contribution in [3.8, 4) is 0 Å². The molecule has 3 aliphatic carbocycles. The molecule has 2 bridgehead atoms. The molecule has 2 heteroatoms. The third kappa shape index (κ3) is 1.49. The third-order valence-corrected chi connectivity index (χ3v) is 5.22. The summed E-state index contributed by atoms with van der Waals surface area (Å²) in [6.07, 6.45) is 7.38. The van der Waals surface area contributed by atoms with Crippen LogP contribution < -0.4 is 0 Å². The van der Waals surface area contributed by atoms with Gasteiger partial charge in [0.1, 0.15) is 0 Å². The van der Waals surface area contributed by atoms with Crippen LogP contribution in [-0.4, -0.2) is 0 Å². The molecule has 3 aliphatic rings. The first-order valence-electron chi connectivity index (χ1n) is 6.40. The van der Waals surface area contributed by atoms with E-state index in [0.717, 1.165) is 9.79 Å². The summed E-state index contributed by atoms with van der Waals surface area (Å²) in [6.45, 7) is 0. The lowest BCUT2D eigenvalue weighted by Gasteiger charge is -2.33. The van der Waals surface area contributed by atoms with Crippen molar-refractivity contribution in [3.63, 3.8) is 0 Å². The number of hydrogen-bond donors (Lipinski definition) is 2. The second kappa shape index (κ2) is 3.82. The van der Waals surface area contributed by atoms with Crippen LogP contribution in [0.25, 0.3) is 10.8 Å². The first kappa shape index (κ1) is 11.0. The molecule has 2 aromatic carbocycles. The van der Waals surface area contributed by atoms with Gasteiger partial charge in [-0.05, 0) is 46.9 Å².